The Hall–Kier alpha value is -2.33. The number of allylic oxidation sites excluding steroid dienone is 4. The Bertz CT molecular complexity index is 886. The molecule has 0 bridgehead atoms. The Balaban J connectivity index is 2.23. The van der Waals surface area contributed by atoms with E-state index in [0.29, 0.717) is 16.7 Å². The normalized spacial score (nSPS) is 19.4. The minimum Gasteiger partial charge on any atom is -0.372 e. The van der Waals surface area contributed by atoms with Gasteiger partial charge in [-0.2, -0.15) is 13.2 Å². The zero-order valence-corrected chi connectivity index (χ0v) is 14.3. The molecule has 0 aliphatic heterocycles. The van der Waals surface area contributed by atoms with E-state index >= 15 is 0 Å². The predicted molar refractivity (Wildman–Crippen MR) is 94.0 cm³/mol. The molecule has 0 heterocycles. The van der Waals surface area contributed by atoms with Gasteiger partial charge in [0.2, 0.25) is 5.60 Å². The lowest BCUT2D eigenvalue weighted by Gasteiger charge is -2.28. The second-order valence-electron chi connectivity index (χ2n) is 6.61. The lowest BCUT2D eigenvalue weighted by atomic mass is 9.89. The first-order chi connectivity index (χ1) is 11.7. The van der Waals surface area contributed by atoms with Crippen LogP contribution >= 0.6 is 0 Å². The average Bonchev–Trinajstić information content (AvgIpc) is 2.83. The molecule has 0 radical (unpaired) electrons. The van der Waals surface area contributed by atoms with Gasteiger partial charge in [-0.25, -0.2) is 0 Å². The van der Waals surface area contributed by atoms with Gasteiger partial charge in [0.25, 0.3) is 0 Å². The number of hydrogen-bond acceptors (Lipinski definition) is 1. The van der Waals surface area contributed by atoms with Crippen molar-refractivity contribution >= 4 is 5.57 Å². The van der Waals surface area contributed by atoms with Crippen molar-refractivity contribution in [1.82, 2.24) is 0 Å². The standard InChI is InChI=1S/C21H19F3O/c1-13(2)8-9-14(3)15-10-11-17-16-6-4-5-7-18(16)20(25,19(17)12-15)21(22,23)24/h4-12,25H,1-3H3/b14-9+. The van der Waals surface area contributed by atoms with Gasteiger partial charge in [-0.1, -0.05) is 54.1 Å². The summed E-state index contributed by atoms with van der Waals surface area (Å²) in [6, 6.07) is 11.1. The number of benzene rings is 2. The Labute approximate surface area is 145 Å². The SMILES string of the molecule is CC(C)=C/C=C(\C)c1ccc2c(c1)C(O)(C(F)(F)F)c1ccccc1-2. The molecule has 3 rings (SSSR count). The lowest BCUT2D eigenvalue weighted by molar-refractivity contribution is -0.246. The monoisotopic (exact) mass is 344 g/mol. The highest BCUT2D eigenvalue weighted by Gasteiger charge is 2.60. The fraction of sp³-hybridized carbons (Fsp3) is 0.238. The minimum atomic E-state index is -4.80. The Morgan fingerprint density at radius 1 is 0.920 bits per heavy atom. The number of hydrogen-bond donors (Lipinski definition) is 1. The quantitative estimate of drug-likeness (QED) is 0.679. The van der Waals surface area contributed by atoms with E-state index < -0.39 is 11.8 Å². The molecule has 0 amide bonds. The third-order valence-electron chi connectivity index (χ3n) is 4.55. The van der Waals surface area contributed by atoms with Gasteiger partial charge in [-0.3, -0.25) is 0 Å². The predicted octanol–water partition coefficient (Wildman–Crippen LogP) is 5.83. The summed E-state index contributed by atoms with van der Waals surface area (Å²) in [6.07, 6.45) is -1.02. The molecule has 1 N–H and O–H groups in total. The van der Waals surface area contributed by atoms with Crippen LogP contribution in [-0.2, 0) is 5.60 Å². The van der Waals surface area contributed by atoms with Crippen LogP contribution in [0.15, 0.2) is 60.2 Å². The molecular weight excluding hydrogens is 325 g/mol. The van der Waals surface area contributed by atoms with Crippen molar-refractivity contribution < 1.29 is 18.3 Å². The van der Waals surface area contributed by atoms with Gasteiger partial charge in [0.1, 0.15) is 0 Å². The van der Waals surface area contributed by atoms with Gasteiger partial charge in [-0.05, 0) is 49.1 Å². The molecule has 130 valence electrons. The summed E-state index contributed by atoms with van der Waals surface area (Å²) in [6.45, 7) is 5.74. The zero-order chi connectivity index (χ0) is 18.4. The summed E-state index contributed by atoms with van der Waals surface area (Å²) in [5.41, 5.74) is 0.246. The number of halogens is 3. The first kappa shape index (κ1) is 17.5. The van der Waals surface area contributed by atoms with Gasteiger partial charge in [0.05, 0.1) is 0 Å². The van der Waals surface area contributed by atoms with Crippen LogP contribution < -0.4 is 0 Å². The van der Waals surface area contributed by atoms with E-state index in [-0.39, 0.29) is 11.1 Å². The second kappa shape index (κ2) is 5.88. The van der Waals surface area contributed by atoms with Gasteiger partial charge in [0, 0.05) is 11.1 Å². The summed E-state index contributed by atoms with van der Waals surface area (Å²) in [7, 11) is 0. The summed E-state index contributed by atoms with van der Waals surface area (Å²) in [4.78, 5) is 0. The van der Waals surface area contributed by atoms with Gasteiger partial charge in [-0.15, -0.1) is 0 Å². The maximum Gasteiger partial charge on any atom is 0.425 e. The van der Waals surface area contributed by atoms with Crippen molar-refractivity contribution in [3.05, 3.63) is 76.9 Å². The molecule has 1 aliphatic rings. The smallest absolute Gasteiger partial charge is 0.372 e. The summed E-state index contributed by atoms with van der Waals surface area (Å²) in [5.74, 6) is 0. The third kappa shape index (κ3) is 2.71. The fourth-order valence-electron chi connectivity index (χ4n) is 3.20. The topological polar surface area (TPSA) is 20.2 Å². The molecule has 2 aromatic rings. The van der Waals surface area contributed by atoms with Crippen LogP contribution in [0.1, 0.15) is 37.5 Å². The number of alkyl halides is 3. The van der Waals surface area contributed by atoms with Crippen molar-refractivity contribution in [1.29, 1.82) is 0 Å². The molecule has 1 unspecified atom stereocenters. The van der Waals surface area contributed by atoms with Gasteiger partial charge < -0.3 is 5.11 Å². The molecule has 0 fully saturated rings. The largest absolute Gasteiger partial charge is 0.425 e. The van der Waals surface area contributed by atoms with E-state index in [1.807, 2.05) is 32.9 Å². The van der Waals surface area contributed by atoms with Crippen LogP contribution in [0.3, 0.4) is 0 Å². The third-order valence-corrected chi connectivity index (χ3v) is 4.55. The molecule has 1 atom stereocenters. The van der Waals surface area contributed by atoms with Gasteiger partial charge in [0.15, 0.2) is 0 Å². The minimum absolute atomic E-state index is 0.108. The summed E-state index contributed by atoms with van der Waals surface area (Å²) in [5, 5.41) is 10.7. The molecule has 0 spiro atoms. The van der Waals surface area contributed by atoms with Crippen molar-refractivity contribution in [3.8, 4) is 11.1 Å². The Morgan fingerprint density at radius 3 is 2.20 bits per heavy atom. The Morgan fingerprint density at radius 2 is 1.56 bits per heavy atom. The van der Waals surface area contributed by atoms with Crippen molar-refractivity contribution in [3.63, 3.8) is 0 Å². The maximum absolute atomic E-state index is 13.8. The molecule has 0 saturated carbocycles. The highest BCUT2D eigenvalue weighted by atomic mass is 19.4. The molecular formula is C21H19F3O. The van der Waals surface area contributed by atoms with Crippen LogP contribution in [0.4, 0.5) is 13.2 Å². The molecule has 4 heteroatoms. The van der Waals surface area contributed by atoms with Crippen molar-refractivity contribution in [2.24, 2.45) is 0 Å². The van der Waals surface area contributed by atoms with E-state index in [0.717, 1.165) is 11.1 Å². The van der Waals surface area contributed by atoms with Crippen molar-refractivity contribution in [2.45, 2.75) is 32.5 Å². The number of rotatable bonds is 2. The van der Waals surface area contributed by atoms with Crippen LogP contribution in [0.25, 0.3) is 16.7 Å². The fourth-order valence-corrected chi connectivity index (χ4v) is 3.20. The summed E-state index contributed by atoms with van der Waals surface area (Å²) >= 11 is 0. The number of aliphatic hydroxyl groups is 1. The summed E-state index contributed by atoms with van der Waals surface area (Å²) < 4.78 is 41.4. The molecule has 2 aromatic carbocycles. The highest BCUT2D eigenvalue weighted by Crippen LogP contribution is 2.55. The Kier molecular flexibility index (Phi) is 4.12. The molecule has 0 aromatic heterocycles. The number of fused-ring (bicyclic) bond motifs is 3. The second-order valence-corrected chi connectivity index (χ2v) is 6.61. The molecule has 25 heavy (non-hydrogen) atoms. The highest BCUT2D eigenvalue weighted by molar-refractivity contribution is 5.82. The van der Waals surface area contributed by atoms with Crippen LogP contribution in [0.5, 0.6) is 0 Å². The zero-order valence-electron chi connectivity index (χ0n) is 14.3. The van der Waals surface area contributed by atoms with Gasteiger partial charge >= 0.3 is 6.18 Å². The van der Waals surface area contributed by atoms with E-state index in [2.05, 4.69) is 0 Å². The average molecular weight is 344 g/mol. The van der Waals surface area contributed by atoms with E-state index in [4.69, 9.17) is 0 Å². The lowest BCUT2D eigenvalue weighted by Crippen LogP contribution is -2.41. The van der Waals surface area contributed by atoms with E-state index in [1.165, 1.54) is 18.2 Å². The first-order valence-electron chi connectivity index (χ1n) is 8.02. The first-order valence-corrected chi connectivity index (χ1v) is 8.02. The van der Waals surface area contributed by atoms with E-state index in [9.17, 15) is 18.3 Å². The van der Waals surface area contributed by atoms with E-state index in [1.54, 1.807) is 24.3 Å². The molecule has 1 nitrogen and oxygen atoms in total. The van der Waals surface area contributed by atoms with Crippen LogP contribution in [0, 0.1) is 0 Å². The maximum atomic E-state index is 13.8. The molecule has 0 saturated heterocycles. The van der Waals surface area contributed by atoms with Crippen LogP contribution in [0.2, 0.25) is 0 Å². The van der Waals surface area contributed by atoms with Crippen molar-refractivity contribution in [2.75, 3.05) is 0 Å². The van der Waals surface area contributed by atoms with Crippen LogP contribution in [-0.4, -0.2) is 11.3 Å². The molecule has 1 aliphatic carbocycles.